The molecule has 3 amide bonds. The maximum Gasteiger partial charge on any atom is 0.326 e. The summed E-state index contributed by atoms with van der Waals surface area (Å²) in [6, 6.07) is 10.9. The van der Waals surface area contributed by atoms with Crippen LogP contribution in [0.15, 0.2) is 67.1 Å². The molecule has 4 atom stereocenters. The first-order valence-corrected chi connectivity index (χ1v) is 14.0. The van der Waals surface area contributed by atoms with Crippen LogP contribution in [0, 0.1) is 0 Å². The highest BCUT2D eigenvalue weighted by atomic mass is 16.4. The lowest BCUT2D eigenvalue weighted by Gasteiger charge is -2.25. The van der Waals surface area contributed by atoms with Crippen molar-refractivity contribution in [1.82, 2.24) is 25.9 Å². The molecular weight excluding hydrogens is 554 g/mol. The summed E-state index contributed by atoms with van der Waals surface area (Å²) in [6.07, 6.45) is 4.38. The van der Waals surface area contributed by atoms with Crippen molar-refractivity contribution in [3.8, 4) is 5.75 Å². The number of phenols is 1. The number of nitrogens with one attached hydrogen (secondary N) is 4. The number of carboxylic acids is 1. The minimum absolute atomic E-state index is 0.0383. The molecule has 10 N–H and O–H groups in total. The molecule has 0 bridgehead atoms. The minimum Gasteiger partial charge on any atom is -0.508 e. The molecule has 2 aromatic carbocycles. The van der Waals surface area contributed by atoms with Crippen molar-refractivity contribution in [2.24, 2.45) is 11.5 Å². The van der Waals surface area contributed by atoms with Gasteiger partial charge in [0, 0.05) is 24.7 Å². The fourth-order valence-electron chi connectivity index (χ4n) is 4.44. The van der Waals surface area contributed by atoms with E-state index < -0.39 is 47.9 Å². The zero-order valence-electron chi connectivity index (χ0n) is 23.7. The number of imidazole rings is 1. The summed E-state index contributed by atoms with van der Waals surface area (Å²) >= 11 is 0. The number of aromatic nitrogens is 2. The first-order chi connectivity index (χ1) is 20.7. The van der Waals surface area contributed by atoms with Crippen molar-refractivity contribution < 1.29 is 29.4 Å². The molecule has 3 aromatic rings. The quantitative estimate of drug-likeness (QED) is 0.0995. The third-order valence-electron chi connectivity index (χ3n) is 6.82. The van der Waals surface area contributed by atoms with Gasteiger partial charge in [0.05, 0.1) is 12.4 Å². The van der Waals surface area contributed by atoms with Gasteiger partial charge in [0.15, 0.2) is 0 Å². The van der Waals surface area contributed by atoms with E-state index >= 15 is 0 Å². The normalized spacial score (nSPS) is 13.7. The number of H-pyrrole nitrogens is 1. The molecule has 0 aliphatic rings. The number of hydrogen-bond donors (Lipinski definition) is 8. The van der Waals surface area contributed by atoms with E-state index in [4.69, 9.17) is 11.5 Å². The number of benzene rings is 2. The zero-order valence-corrected chi connectivity index (χ0v) is 23.7. The van der Waals surface area contributed by atoms with Gasteiger partial charge >= 0.3 is 5.97 Å². The standard InChI is InChI=1S/C30H39N7O6/c31-13-5-4-8-24(28(40)37-26(30(42)43)16-21-17-33-18-34-21)35-29(41)25(15-20-9-11-22(38)12-10-20)36-27(39)23(32)14-19-6-2-1-3-7-19/h1-3,6-7,9-12,17-18,23-26,38H,4-5,8,13-16,31-32H2,(H,33,34)(H,35,41)(H,36,39)(H,37,40)(H,42,43). The molecular formula is C30H39N7O6. The number of phenolic OH excluding ortho intramolecular Hbond substituents is 1. The first kappa shape index (κ1) is 32.8. The van der Waals surface area contributed by atoms with Gasteiger partial charge in [-0.15, -0.1) is 0 Å². The molecule has 0 radical (unpaired) electrons. The van der Waals surface area contributed by atoms with Crippen LogP contribution in [0.4, 0.5) is 0 Å². The smallest absolute Gasteiger partial charge is 0.326 e. The third kappa shape index (κ3) is 10.9. The molecule has 3 rings (SSSR count). The van der Waals surface area contributed by atoms with Crippen molar-refractivity contribution in [3.63, 3.8) is 0 Å². The molecule has 0 saturated heterocycles. The highest BCUT2D eigenvalue weighted by molar-refractivity contribution is 5.94. The fraction of sp³-hybridized carbons (Fsp3) is 0.367. The Bertz CT molecular complexity index is 1320. The Morgan fingerprint density at radius 1 is 0.791 bits per heavy atom. The lowest BCUT2D eigenvalue weighted by Crippen LogP contribution is -2.58. The lowest BCUT2D eigenvalue weighted by atomic mass is 10.0. The fourth-order valence-corrected chi connectivity index (χ4v) is 4.44. The molecule has 1 aromatic heterocycles. The largest absolute Gasteiger partial charge is 0.508 e. The zero-order chi connectivity index (χ0) is 31.2. The third-order valence-corrected chi connectivity index (χ3v) is 6.82. The average molecular weight is 594 g/mol. The van der Waals surface area contributed by atoms with Crippen molar-refractivity contribution in [3.05, 3.63) is 83.9 Å². The molecule has 4 unspecified atom stereocenters. The van der Waals surface area contributed by atoms with Gasteiger partial charge in [-0.1, -0.05) is 42.5 Å². The van der Waals surface area contributed by atoms with Crippen molar-refractivity contribution in [2.75, 3.05) is 6.54 Å². The van der Waals surface area contributed by atoms with Gasteiger partial charge in [-0.3, -0.25) is 14.4 Å². The molecule has 0 aliphatic heterocycles. The van der Waals surface area contributed by atoms with Crippen LogP contribution < -0.4 is 27.4 Å². The van der Waals surface area contributed by atoms with E-state index in [1.165, 1.54) is 24.7 Å². The molecule has 43 heavy (non-hydrogen) atoms. The Labute approximate surface area is 249 Å². The number of aromatic amines is 1. The maximum absolute atomic E-state index is 13.6. The van der Waals surface area contributed by atoms with Gasteiger partial charge in [0.1, 0.15) is 23.9 Å². The Morgan fingerprint density at radius 2 is 1.42 bits per heavy atom. The number of amides is 3. The van der Waals surface area contributed by atoms with Crippen LogP contribution in [0.1, 0.15) is 36.1 Å². The van der Waals surface area contributed by atoms with Crippen LogP contribution in [0.5, 0.6) is 5.75 Å². The van der Waals surface area contributed by atoms with E-state index in [1.807, 2.05) is 30.3 Å². The van der Waals surface area contributed by atoms with Gasteiger partial charge in [-0.05, 0) is 55.5 Å². The Balaban J connectivity index is 1.77. The number of carbonyl (C=O) groups is 4. The summed E-state index contributed by atoms with van der Waals surface area (Å²) in [7, 11) is 0. The summed E-state index contributed by atoms with van der Waals surface area (Å²) in [5, 5.41) is 27.3. The second-order valence-corrected chi connectivity index (χ2v) is 10.3. The lowest BCUT2D eigenvalue weighted by molar-refractivity contribution is -0.142. The predicted octanol–water partition coefficient (Wildman–Crippen LogP) is 0.139. The van der Waals surface area contributed by atoms with Crippen LogP contribution in [-0.2, 0) is 38.4 Å². The van der Waals surface area contributed by atoms with E-state index in [1.54, 1.807) is 12.1 Å². The second-order valence-electron chi connectivity index (χ2n) is 10.3. The summed E-state index contributed by atoms with van der Waals surface area (Å²) in [6.45, 7) is 0.374. The highest BCUT2D eigenvalue weighted by Gasteiger charge is 2.30. The molecule has 0 fully saturated rings. The van der Waals surface area contributed by atoms with Crippen molar-refractivity contribution >= 4 is 23.7 Å². The molecule has 0 saturated carbocycles. The molecule has 1 heterocycles. The number of aromatic hydroxyl groups is 1. The van der Waals surface area contributed by atoms with Gasteiger partial charge in [-0.2, -0.15) is 0 Å². The summed E-state index contributed by atoms with van der Waals surface area (Å²) in [5.41, 5.74) is 13.8. The van der Waals surface area contributed by atoms with E-state index in [9.17, 15) is 29.4 Å². The Kier molecular flexibility index (Phi) is 12.7. The molecule has 0 aliphatic carbocycles. The van der Waals surface area contributed by atoms with Crippen LogP contribution in [0.3, 0.4) is 0 Å². The first-order valence-electron chi connectivity index (χ1n) is 14.0. The predicted molar refractivity (Wildman–Crippen MR) is 159 cm³/mol. The topological polar surface area (TPSA) is 226 Å². The van der Waals surface area contributed by atoms with Crippen molar-refractivity contribution in [1.29, 1.82) is 0 Å². The molecule has 13 heteroatoms. The number of carbonyl (C=O) groups excluding carboxylic acids is 3. The van der Waals surface area contributed by atoms with E-state index in [2.05, 4.69) is 25.9 Å². The second kappa shape index (κ2) is 16.6. The van der Waals surface area contributed by atoms with Gasteiger partial charge in [0.2, 0.25) is 17.7 Å². The molecule has 13 nitrogen and oxygen atoms in total. The van der Waals surface area contributed by atoms with E-state index in [-0.39, 0.29) is 31.4 Å². The number of hydrogen-bond acceptors (Lipinski definition) is 8. The van der Waals surface area contributed by atoms with E-state index in [0.717, 1.165) is 5.56 Å². The van der Waals surface area contributed by atoms with Crippen molar-refractivity contribution in [2.45, 2.75) is 62.7 Å². The number of nitrogens with two attached hydrogens (primary N) is 2. The number of nitrogens with zero attached hydrogens (tertiary/aromatic N) is 1. The van der Waals surface area contributed by atoms with Crippen LogP contribution >= 0.6 is 0 Å². The van der Waals surface area contributed by atoms with Gasteiger partial charge in [-0.25, -0.2) is 9.78 Å². The molecule has 230 valence electrons. The Hall–Kier alpha value is -4.75. The number of aliphatic carboxylic acids is 1. The highest BCUT2D eigenvalue weighted by Crippen LogP contribution is 2.13. The summed E-state index contributed by atoms with van der Waals surface area (Å²) in [4.78, 5) is 58.5. The van der Waals surface area contributed by atoms with Crippen LogP contribution in [-0.4, -0.2) is 74.6 Å². The van der Waals surface area contributed by atoms with Crippen LogP contribution in [0.2, 0.25) is 0 Å². The monoisotopic (exact) mass is 593 g/mol. The molecule has 0 spiro atoms. The van der Waals surface area contributed by atoms with E-state index in [0.29, 0.717) is 30.6 Å². The number of carboxylic acid groups (broad SMARTS) is 1. The maximum atomic E-state index is 13.6. The minimum atomic E-state index is -1.27. The summed E-state index contributed by atoms with van der Waals surface area (Å²) < 4.78 is 0. The number of unbranched alkanes of at least 4 members (excludes halogenated alkanes) is 1. The average Bonchev–Trinajstić information content (AvgIpc) is 3.50. The van der Waals surface area contributed by atoms with Gasteiger partial charge < -0.3 is 42.6 Å². The Morgan fingerprint density at radius 3 is 2.05 bits per heavy atom. The number of rotatable bonds is 17. The SMILES string of the molecule is NCCCCC(NC(=O)C(Cc1ccc(O)cc1)NC(=O)C(N)Cc1ccccc1)C(=O)NC(Cc1cnc[nH]1)C(=O)O. The van der Waals surface area contributed by atoms with Gasteiger partial charge in [0.25, 0.3) is 0 Å². The summed E-state index contributed by atoms with van der Waals surface area (Å²) in [5.74, 6) is -3.11. The van der Waals surface area contributed by atoms with Crippen LogP contribution in [0.25, 0.3) is 0 Å².